The zero-order chi connectivity index (χ0) is 15.6. The molecule has 1 saturated carbocycles. The van der Waals surface area contributed by atoms with Crippen LogP contribution in [0.25, 0.3) is 0 Å². The number of hydrogen-bond donors (Lipinski definition) is 4. The molecule has 0 bridgehead atoms. The van der Waals surface area contributed by atoms with Crippen LogP contribution >= 0.6 is 0 Å². The minimum absolute atomic E-state index is 0.0903. The Labute approximate surface area is 123 Å². The Morgan fingerprint density at radius 2 is 1.90 bits per heavy atom. The second-order valence-corrected chi connectivity index (χ2v) is 6.12. The molecule has 1 aromatic rings. The lowest BCUT2D eigenvalue weighted by molar-refractivity contribution is -0.139. The van der Waals surface area contributed by atoms with Crippen molar-refractivity contribution in [1.29, 1.82) is 0 Å². The summed E-state index contributed by atoms with van der Waals surface area (Å²) in [6.07, 6.45) is 1.06. The predicted octanol–water partition coefficient (Wildman–Crippen LogP) is 1.49. The minimum Gasteiger partial charge on any atom is -0.508 e. The van der Waals surface area contributed by atoms with Crippen molar-refractivity contribution in [1.82, 2.24) is 10.6 Å². The number of amides is 2. The van der Waals surface area contributed by atoms with E-state index in [0.29, 0.717) is 0 Å². The number of carboxylic acids is 1. The maximum atomic E-state index is 11.8. The average molecular weight is 292 g/mol. The van der Waals surface area contributed by atoms with Gasteiger partial charge in [0, 0.05) is 12.5 Å². The lowest BCUT2D eigenvalue weighted by atomic mass is 10.1. The van der Waals surface area contributed by atoms with Crippen LogP contribution in [0.2, 0.25) is 0 Å². The molecule has 0 radical (unpaired) electrons. The van der Waals surface area contributed by atoms with Gasteiger partial charge in [0.05, 0.1) is 0 Å². The Morgan fingerprint density at radius 1 is 1.33 bits per heavy atom. The van der Waals surface area contributed by atoms with Crippen LogP contribution < -0.4 is 10.6 Å². The molecule has 1 aliphatic carbocycles. The van der Waals surface area contributed by atoms with Crippen LogP contribution in [0.1, 0.15) is 25.8 Å². The summed E-state index contributed by atoms with van der Waals surface area (Å²) in [6, 6.07) is 4.87. The molecule has 1 fully saturated rings. The Hall–Kier alpha value is -2.24. The van der Waals surface area contributed by atoms with Gasteiger partial charge in [0.1, 0.15) is 11.8 Å². The number of benzene rings is 1. The molecule has 2 atom stereocenters. The summed E-state index contributed by atoms with van der Waals surface area (Å²) in [5.74, 6) is -0.972. The SMILES string of the molecule is CC1(C)CC1NC(=O)N[C@@H](Cc1ccc(O)cc1)C(=O)O. The van der Waals surface area contributed by atoms with Crippen molar-refractivity contribution in [3.8, 4) is 5.75 Å². The van der Waals surface area contributed by atoms with E-state index in [0.717, 1.165) is 12.0 Å². The molecule has 2 amide bonds. The zero-order valence-corrected chi connectivity index (χ0v) is 12.1. The Bertz CT molecular complexity index is 539. The highest BCUT2D eigenvalue weighted by molar-refractivity contribution is 5.83. The quantitative estimate of drug-likeness (QED) is 0.660. The first-order chi connectivity index (χ1) is 9.78. The molecule has 6 heteroatoms. The lowest BCUT2D eigenvalue weighted by Gasteiger charge is -2.16. The molecule has 0 saturated heterocycles. The number of carbonyl (C=O) groups excluding carboxylic acids is 1. The molecule has 0 aliphatic heterocycles. The summed E-state index contributed by atoms with van der Waals surface area (Å²) in [5.41, 5.74) is 0.819. The van der Waals surface area contributed by atoms with Gasteiger partial charge in [-0.15, -0.1) is 0 Å². The summed E-state index contributed by atoms with van der Waals surface area (Å²) in [6.45, 7) is 4.09. The van der Waals surface area contributed by atoms with Crippen LogP contribution in [-0.4, -0.2) is 34.3 Å². The number of urea groups is 1. The van der Waals surface area contributed by atoms with E-state index in [9.17, 15) is 19.8 Å². The predicted molar refractivity (Wildman–Crippen MR) is 77.1 cm³/mol. The standard InChI is InChI=1S/C15H20N2O4/c1-15(2)8-12(15)17-14(21)16-11(13(19)20)7-9-3-5-10(18)6-4-9/h3-6,11-12,18H,7-8H2,1-2H3,(H,19,20)(H2,16,17,21)/t11-,12?/m0/s1. The van der Waals surface area contributed by atoms with E-state index in [1.807, 2.05) is 13.8 Å². The first-order valence-electron chi connectivity index (χ1n) is 6.86. The maximum absolute atomic E-state index is 11.8. The van der Waals surface area contributed by atoms with Crippen LogP contribution in [0.3, 0.4) is 0 Å². The molecule has 21 heavy (non-hydrogen) atoms. The van der Waals surface area contributed by atoms with Crippen LogP contribution in [0.15, 0.2) is 24.3 Å². The average Bonchev–Trinajstić information content (AvgIpc) is 2.98. The van der Waals surface area contributed by atoms with Gasteiger partial charge in [0.15, 0.2) is 0 Å². The smallest absolute Gasteiger partial charge is 0.326 e. The molecule has 6 nitrogen and oxygen atoms in total. The monoisotopic (exact) mass is 292 g/mol. The summed E-state index contributed by atoms with van der Waals surface area (Å²) < 4.78 is 0. The third-order valence-corrected chi connectivity index (χ3v) is 3.80. The summed E-state index contributed by atoms with van der Waals surface area (Å²) >= 11 is 0. The first kappa shape index (κ1) is 15.2. The number of nitrogens with one attached hydrogen (secondary N) is 2. The molecule has 1 aliphatic rings. The van der Waals surface area contributed by atoms with Gasteiger partial charge >= 0.3 is 12.0 Å². The highest BCUT2D eigenvalue weighted by atomic mass is 16.4. The fourth-order valence-corrected chi connectivity index (χ4v) is 2.14. The molecule has 1 aromatic carbocycles. The zero-order valence-electron chi connectivity index (χ0n) is 12.1. The molecular weight excluding hydrogens is 272 g/mol. The van der Waals surface area contributed by atoms with Crippen LogP contribution in [0, 0.1) is 5.41 Å². The number of aliphatic carboxylic acids is 1. The van der Waals surface area contributed by atoms with E-state index in [2.05, 4.69) is 10.6 Å². The molecular formula is C15H20N2O4. The van der Waals surface area contributed by atoms with Gasteiger partial charge in [-0.1, -0.05) is 26.0 Å². The second-order valence-electron chi connectivity index (χ2n) is 6.12. The normalized spacial score (nSPS) is 20.4. The van der Waals surface area contributed by atoms with Crippen molar-refractivity contribution in [2.45, 2.75) is 38.8 Å². The first-order valence-corrected chi connectivity index (χ1v) is 6.86. The van der Waals surface area contributed by atoms with Crippen molar-refractivity contribution in [2.24, 2.45) is 5.41 Å². The Balaban J connectivity index is 1.91. The van der Waals surface area contributed by atoms with E-state index >= 15 is 0 Å². The number of phenolic OH excluding ortho intramolecular Hbond substituents is 1. The van der Waals surface area contributed by atoms with Crippen molar-refractivity contribution >= 4 is 12.0 Å². The van der Waals surface area contributed by atoms with Gasteiger partial charge in [-0.2, -0.15) is 0 Å². The minimum atomic E-state index is -1.09. The molecule has 0 spiro atoms. The van der Waals surface area contributed by atoms with Gasteiger partial charge in [0.2, 0.25) is 0 Å². The second kappa shape index (κ2) is 5.63. The van der Waals surface area contributed by atoms with Crippen LogP contribution in [0.4, 0.5) is 4.79 Å². The van der Waals surface area contributed by atoms with Crippen molar-refractivity contribution in [3.05, 3.63) is 29.8 Å². The van der Waals surface area contributed by atoms with E-state index < -0.39 is 18.0 Å². The number of hydrogen-bond acceptors (Lipinski definition) is 3. The van der Waals surface area contributed by atoms with Gasteiger partial charge in [-0.3, -0.25) is 0 Å². The van der Waals surface area contributed by atoms with Gasteiger partial charge in [-0.25, -0.2) is 9.59 Å². The summed E-state index contributed by atoms with van der Waals surface area (Å²) in [7, 11) is 0. The van der Waals surface area contributed by atoms with E-state index in [1.54, 1.807) is 12.1 Å². The molecule has 2 rings (SSSR count). The fourth-order valence-electron chi connectivity index (χ4n) is 2.14. The molecule has 0 heterocycles. The number of phenols is 1. The number of aromatic hydroxyl groups is 1. The Kier molecular flexibility index (Phi) is 4.06. The third-order valence-electron chi connectivity index (χ3n) is 3.80. The van der Waals surface area contributed by atoms with E-state index in [4.69, 9.17) is 0 Å². The van der Waals surface area contributed by atoms with Gasteiger partial charge in [0.25, 0.3) is 0 Å². The number of carbonyl (C=O) groups is 2. The molecule has 1 unspecified atom stereocenters. The van der Waals surface area contributed by atoms with Crippen molar-refractivity contribution in [2.75, 3.05) is 0 Å². The largest absolute Gasteiger partial charge is 0.508 e. The van der Waals surface area contributed by atoms with Crippen LogP contribution in [-0.2, 0) is 11.2 Å². The van der Waals surface area contributed by atoms with Gasteiger partial charge in [-0.05, 0) is 29.5 Å². The highest BCUT2D eigenvalue weighted by Crippen LogP contribution is 2.44. The molecule has 0 aromatic heterocycles. The maximum Gasteiger partial charge on any atom is 0.326 e. The lowest BCUT2D eigenvalue weighted by Crippen LogP contribution is -2.48. The molecule has 114 valence electrons. The van der Waals surface area contributed by atoms with Crippen LogP contribution in [0.5, 0.6) is 5.75 Å². The molecule has 4 N–H and O–H groups in total. The van der Waals surface area contributed by atoms with E-state index in [1.165, 1.54) is 12.1 Å². The summed E-state index contributed by atoms with van der Waals surface area (Å²) in [5, 5.41) is 23.7. The summed E-state index contributed by atoms with van der Waals surface area (Å²) in [4.78, 5) is 23.1. The fraction of sp³-hybridized carbons (Fsp3) is 0.467. The number of rotatable bonds is 5. The van der Waals surface area contributed by atoms with Crippen molar-refractivity contribution in [3.63, 3.8) is 0 Å². The third kappa shape index (κ3) is 4.11. The Morgan fingerprint density at radius 3 is 2.38 bits per heavy atom. The topological polar surface area (TPSA) is 98.7 Å². The van der Waals surface area contributed by atoms with Gasteiger partial charge < -0.3 is 20.8 Å². The van der Waals surface area contributed by atoms with E-state index in [-0.39, 0.29) is 23.6 Å². The highest BCUT2D eigenvalue weighted by Gasteiger charge is 2.46. The van der Waals surface area contributed by atoms with Crippen molar-refractivity contribution < 1.29 is 19.8 Å². The number of carboxylic acid groups (broad SMARTS) is 1.